The van der Waals surface area contributed by atoms with Gasteiger partial charge in [-0.25, -0.2) is 0 Å². The first-order valence-electron chi connectivity index (χ1n) is 10.7. The molecule has 0 aliphatic heterocycles. The van der Waals surface area contributed by atoms with E-state index in [4.69, 9.17) is 16.2 Å². The van der Waals surface area contributed by atoms with Crippen LogP contribution in [0.3, 0.4) is 0 Å². The Balaban J connectivity index is 0.000000291. The SMILES string of the molecule is CC.CCC(Nc1ccc(N)c(C(C)O)c1)OC.Nc1ccc(-c2ccccc2)cc1. The number of nitrogens with one attached hydrogen (secondary N) is 1. The largest absolute Gasteiger partial charge is 0.399 e. The summed E-state index contributed by atoms with van der Waals surface area (Å²) in [5.41, 5.74) is 16.8. The molecule has 6 N–H and O–H groups in total. The van der Waals surface area contributed by atoms with E-state index in [1.54, 1.807) is 20.1 Å². The predicted octanol–water partition coefficient (Wildman–Crippen LogP) is 6.08. The van der Waals surface area contributed by atoms with E-state index < -0.39 is 6.10 Å². The first kappa shape index (κ1) is 26.0. The molecule has 0 aliphatic carbocycles. The summed E-state index contributed by atoms with van der Waals surface area (Å²) in [5.74, 6) is 0. The molecular formula is C26H37N3O2. The van der Waals surface area contributed by atoms with Gasteiger partial charge in [0, 0.05) is 29.7 Å². The van der Waals surface area contributed by atoms with Gasteiger partial charge in [-0.3, -0.25) is 0 Å². The summed E-state index contributed by atoms with van der Waals surface area (Å²) in [4.78, 5) is 0. The zero-order valence-electron chi connectivity index (χ0n) is 19.3. The van der Waals surface area contributed by atoms with Crippen molar-refractivity contribution in [3.8, 4) is 11.1 Å². The Morgan fingerprint density at radius 2 is 1.48 bits per heavy atom. The normalized spacial score (nSPS) is 11.8. The molecule has 5 heteroatoms. The summed E-state index contributed by atoms with van der Waals surface area (Å²) in [5, 5.41) is 12.8. The standard InChI is InChI=1S/C12H20N2O2.C12H11N.C2H6/c1-4-12(16-3)14-9-5-6-11(13)10(7-9)8(2)15;13-12-8-6-11(7-9-12)10-4-2-1-3-5-10;1-2/h5-8,12,14-15H,4,13H2,1-3H3;1-9H,13H2;1-2H3. The Hall–Kier alpha value is -3.02. The van der Waals surface area contributed by atoms with Crippen molar-refractivity contribution >= 4 is 17.1 Å². The zero-order valence-corrected chi connectivity index (χ0v) is 19.3. The van der Waals surface area contributed by atoms with E-state index in [-0.39, 0.29) is 6.23 Å². The molecule has 0 fully saturated rings. The van der Waals surface area contributed by atoms with Crippen LogP contribution < -0.4 is 16.8 Å². The number of rotatable bonds is 6. The highest BCUT2D eigenvalue weighted by Crippen LogP contribution is 2.24. The smallest absolute Gasteiger partial charge is 0.127 e. The molecule has 0 amide bonds. The number of hydrogen-bond donors (Lipinski definition) is 4. The van der Waals surface area contributed by atoms with Crippen molar-refractivity contribution in [2.45, 2.75) is 46.4 Å². The van der Waals surface area contributed by atoms with Crippen LogP contribution in [0.5, 0.6) is 0 Å². The van der Waals surface area contributed by atoms with E-state index in [2.05, 4.69) is 17.4 Å². The quantitative estimate of drug-likeness (QED) is 0.285. The Bertz CT molecular complexity index is 862. The van der Waals surface area contributed by atoms with Gasteiger partial charge in [-0.2, -0.15) is 0 Å². The molecule has 3 rings (SSSR count). The molecule has 0 aromatic heterocycles. The van der Waals surface area contributed by atoms with Crippen LogP contribution in [0.25, 0.3) is 11.1 Å². The lowest BCUT2D eigenvalue weighted by molar-refractivity contribution is 0.122. The van der Waals surface area contributed by atoms with Gasteiger partial charge >= 0.3 is 0 Å². The minimum Gasteiger partial charge on any atom is -0.399 e. The van der Waals surface area contributed by atoms with Crippen molar-refractivity contribution in [1.82, 2.24) is 0 Å². The monoisotopic (exact) mass is 423 g/mol. The van der Waals surface area contributed by atoms with Crippen molar-refractivity contribution < 1.29 is 9.84 Å². The molecule has 5 nitrogen and oxygen atoms in total. The number of nitrogen functional groups attached to an aromatic ring is 2. The van der Waals surface area contributed by atoms with Crippen LogP contribution in [-0.4, -0.2) is 18.4 Å². The Labute approximate surface area is 187 Å². The van der Waals surface area contributed by atoms with E-state index in [1.165, 1.54) is 11.1 Å². The predicted molar refractivity (Wildman–Crippen MR) is 134 cm³/mol. The fourth-order valence-electron chi connectivity index (χ4n) is 2.85. The van der Waals surface area contributed by atoms with E-state index in [1.807, 2.05) is 75.4 Å². The fourth-order valence-corrected chi connectivity index (χ4v) is 2.85. The molecule has 2 atom stereocenters. The molecular weight excluding hydrogens is 386 g/mol. The van der Waals surface area contributed by atoms with Crippen molar-refractivity contribution in [1.29, 1.82) is 0 Å². The minimum atomic E-state index is -0.565. The van der Waals surface area contributed by atoms with E-state index >= 15 is 0 Å². The van der Waals surface area contributed by atoms with Gasteiger partial charge in [-0.15, -0.1) is 0 Å². The molecule has 0 saturated heterocycles. The lowest BCUT2D eigenvalue weighted by Crippen LogP contribution is -2.20. The van der Waals surface area contributed by atoms with Gasteiger partial charge < -0.3 is 26.6 Å². The molecule has 2 unspecified atom stereocenters. The average Bonchev–Trinajstić information content (AvgIpc) is 2.81. The van der Waals surface area contributed by atoms with Crippen LogP contribution in [0.4, 0.5) is 17.1 Å². The van der Waals surface area contributed by atoms with Crippen molar-refractivity contribution in [2.75, 3.05) is 23.9 Å². The fraction of sp³-hybridized carbons (Fsp3) is 0.308. The van der Waals surface area contributed by atoms with Gasteiger partial charge in [0.2, 0.25) is 0 Å². The second-order valence-corrected chi connectivity index (χ2v) is 6.78. The van der Waals surface area contributed by atoms with Gasteiger partial charge in [0.25, 0.3) is 0 Å². The van der Waals surface area contributed by atoms with Crippen LogP contribution in [-0.2, 0) is 4.74 Å². The maximum Gasteiger partial charge on any atom is 0.127 e. The molecule has 31 heavy (non-hydrogen) atoms. The summed E-state index contributed by atoms with van der Waals surface area (Å²) in [6.07, 6.45) is 0.278. The molecule has 0 saturated carbocycles. The first-order chi connectivity index (χ1) is 14.9. The maximum atomic E-state index is 9.54. The number of benzene rings is 3. The number of aliphatic hydroxyl groups is 1. The maximum absolute atomic E-state index is 9.54. The van der Waals surface area contributed by atoms with Crippen LogP contribution >= 0.6 is 0 Å². The zero-order chi connectivity index (χ0) is 23.2. The number of anilines is 3. The van der Waals surface area contributed by atoms with Gasteiger partial charge in [0.1, 0.15) is 6.23 Å². The third-order valence-electron chi connectivity index (χ3n) is 4.54. The highest BCUT2D eigenvalue weighted by molar-refractivity contribution is 5.65. The molecule has 0 radical (unpaired) electrons. The molecule has 168 valence electrons. The van der Waals surface area contributed by atoms with E-state index in [0.29, 0.717) is 5.69 Å². The molecule has 3 aromatic rings. The van der Waals surface area contributed by atoms with Crippen molar-refractivity contribution in [3.05, 3.63) is 78.4 Å². The first-order valence-corrected chi connectivity index (χ1v) is 10.7. The summed E-state index contributed by atoms with van der Waals surface area (Å²) in [6.45, 7) is 7.73. The molecule has 0 aliphatic rings. The van der Waals surface area contributed by atoms with Gasteiger partial charge in [-0.05, 0) is 54.8 Å². The lowest BCUT2D eigenvalue weighted by Gasteiger charge is -2.18. The highest BCUT2D eigenvalue weighted by Gasteiger charge is 2.09. The van der Waals surface area contributed by atoms with E-state index in [0.717, 1.165) is 23.4 Å². The molecule has 0 bridgehead atoms. The highest BCUT2D eigenvalue weighted by atomic mass is 16.5. The van der Waals surface area contributed by atoms with Crippen LogP contribution in [0.15, 0.2) is 72.8 Å². The molecule has 0 heterocycles. The van der Waals surface area contributed by atoms with Crippen LogP contribution in [0.1, 0.15) is 45.8 Å². The average molecular weight is 424 g/mol. The van der Waals surface area contributed by atoms with Crippen molar-refractivity contribution in [2.24, 2.45) is 0 Å². The lowest BCUT2D eigenvalue weighted by atomic mass is 10.1. The van der Waals surface area contributed by atoms with Gasteiger partial charge in [0.15, 0.2) is 0 Å². The van der Waals surface area contributed by atoms with E-state index in [9.17, 15) is 5.11 Å². The molecule has 3 aromatic carbocycles. The topological polar surface area (TPSA) is 93.5 Å². The second-order valence-electron chi connectivity index (χ2n) is 6.78. The van der Waals surface area contributed by atoms with Crippen LogP contribution in [0, 0.1) is 0 Å². The summed E-state index contributed by atoms with van der Waals surface area (Å²) in [7, 11) is 1.66. The number of nitrogens with two attached hydrogens (primary N) is 2. The van der Waals surface area contributed by atoms with Crippen LogP contribution in [0.2, 0.25) is 0 Å². The Morgan fingerprint density at radius 3 is 2.00 bits per heavy atom. The summed E-state index contributed by atoms with van der Waals surface area (Å²) >= 11 is 0. The number of hydrogen-bond acceptors (Lipinski definition) is 5. The third kappa shape index (κ3) is 8.70. The van der Waals surface area contributed by atoms with Gasteiger partial charge in [-0.1, -0.05) is 63.2 Å². The Morgan fingerprint density at radius 1 is 0.903 bits per heavy atom. The van der Waals surface area contributed by atoms with Crippen molar-refractivity contribution in [3.63, 3.8) is 0 Å². The Kier molecular flexibility index (Phi) is 11.8. The number of methoxy groups -OCH3 is 1. The number of ether oxygens (including phenoxy) is 1. The summed E-state index contributed by atoms with van der Waals surface area (Å²) in [6, 6.07) is 23.7. The molecule has 0 spiro atoms. The van der Waals surface area contributed by atoms with Gasteiger partial charge in [0.05, 0.1) is 6.10 Å². The number of aliphatic hydroxyl groups excluding tert-OH is 1. The summed E-state index contributed by atoms with van der Waals surface area (Å²) < 4.78 is 5.23. The third-order valence-corrected chi connectivity index (χ3v) is 4.54. The minimum absolute atomic E-state index is 0.0227. The second kappa shape index (κ2) is 14.1.